The van der Waals surface area contributed by atoms with Crippen LogP contribution in [0.15, 0.2) is 54.9 Å². The molecule has 0 radical (unpaired) electrons. The quantitative estimate of drug-likeness (QED) is 0.309. The number of nitrogens with one attached hydrogen (secondary N) is 2. The lowest BCUT2D eigenvalue weighted by Crippen LogP contribution is -2.21. The molecule has 4 aromatic rings. The molecule has 0 saturated heterocycles. The Morgan fingerprint density at radius 2 is 1.83 bits per heavy atom. The van der Waals surface area contributed by atoms with Gasteiger partial charge in [0.15, 0.2) is 11.6 Å². The summed E-state index contributed by atoms with van der Waals surface area (Å²) >= 11 is 0. The number of amides is 1. The first-order valence-corrected chi connectivity index (χ1v) is 9.62. The summed E-state index contributed by atoms with van der Waals surface area (Å²) in [5.41, 5.74) is 7.78. The molecule has 0 saturated carbocycles. The number of nitrogens with two attached hydrogens (primary N) is 1. The summed E-state index contributed by atoms with van der Waals surface area (Å²) in [5, 5.41) is 17.8. The van der Waals surface area contributed by atoms with Gasteiger partial charge < -0.3 is 21.1 Å². The summed E-state index contributed by atoms with van der Waals surface area (Å²) in [7, 11) is 1.71. The Morgan fingerprint density at radius 1 is 1.14 bits per heavy atom. The zero-order valence-corrected chi connectivity index (χ0v) is 17.8. The third-order valence-corrected chi connectivity index (χ3v) is 4.51. The maximum absolute atomic E-state index is 14.5. The highest BCUT2D eigenvalue weighted by atomic mass is 19.4. The molecule has 0 atom stereocenters. The third-order valence-electron chi connectivity index (χ3n) is 4.51. The molecule has 10 nitrogen and oxygen atoms in total. The van der Waals surface area contributed by atoms with Crippen molar-refractivity contribution in [3.8, 4) is 0 Å². The molecule has 0 aliphatic carbocycles. The normalized spacial score (nSPS) is 10.9. The Labute approximate surface area is 194 Å². The number of carbonyl (C=O) groups is 2. The standard InChI is InChI=1S/C19H16FN7O.C2HF3O2/c1-27(16-7-3-6-15-13(16)9-23-26-15)18-14(20)10-22-19(25-18)24-12-5-2-4-11(8-12)17(21)28;3-2(4,5)1(6)7/h2-10H,1H3,(H2,21,28)(H,23,26)(H,22,24,25);(H,6,7). The van der Waals surface area contributed by atoms with Crippen molar-refractivity contribution in [1.29, 1.82) is 0 Å². The fraction of sp³-hybridized carbons (Fsp3) is 0.0952. The van der Waals surface area contributed by atoms with Crippen LogP contribution < -0.4 is 16.0 Å². The zero-order chi connectivity index (χ0) is 25.8. The van der Waals surface area contributed by atoms with E-state index in [1.54, 1.807) is 42.4 Å². The van der Waals surface area contributed by atoms with Crippen LogP contribution >= 0.6 is 0 Å². The van der Waals surface area contributed by atoms with Gasteiger partial charge in [0, 0.05) is 23.7 Å². The molecule has 14 heteroatoms. The number of anilines is 4. The van der Waals surface area contributed by atoms with Crippen molar-refractivity contribution >= 4 is 45.9 Å². The van der Waals surface area contributed by atoms with Crippen LogP contribution in [0.1, 0.15) is 10.4 Å². The summed E-state index contributed by atoms with van der Waals surface area (Å²) in [5.74, 6) is -3.59. The van der Waals surface area contributed by atoms with E-state index in [2.05, 4.69) is 25.5 Å². The van der Waals surface area contributed by atoms with Crippen molar-refractivity contribution in [3.05, 3.63) is 66.2 Å². The van der Waals surface area contributed by atoms with Gasteiger partial charge in [-0.2, -0.15) is 23.3 Å². The topological polar surface area (TPSA) is 150 Å². The number of fused-ring (bicyclic) bond motifs is 1. The van der Waals surface area contributed by atoms with E-state index in [-0.39, 0.29) is 11.8 Å². The highest BCUT2D eigenvalue weighted by Crippen LogP contribution is 2.31. The van der Waals surface area contributed by atoms with E-state index in [1.807, 2.05) is 18.2 Å². The van der Waals surface area contributed by atoms with E-state index in [9.17, 15) is 22.4 Å². The van der Waals surface area contributed by atoms with E-state index >= 15 is 0 Å². The Morgan fingerprint density at radius 3 is 2.49 bits per heavy atom. The Balaban J connectivity index is 0.000000429. The van der Waals surface area contributed by atoms with Gasteiger partial charge in [0.05, 0.1) is 23.6 Å². The second kappa shape index (κ2) is 10.0. The van der Waals surface area contributed by atoms with E-state index in [1.165, 1.54) is 0 Å². The van der Waals surface area contributed by atoms with E-state index < -0.39 is 23.9 Å². The van der Waals surface area contributed by atoms with Crippen LogP contribution in [-0.4, -0.2) is 50.4 Å². The molecule has 2 aromatic heterocycles. The number of alkyl halides is 3. The number of aromatic amines is 1. The van der Waals surface area contributed by atoms with Gasteiger partial charge in [-0.1, -0.05) is 12.1 Å². The zero-order valence-electron chi connectivity index (χ0n) is 17.8. The van der Waals surface area contributed by atoms with Crippen molar-refractivity contribution in [3.63, 3.8) is 0 Å². The highest BCUT2D eigenvalue weighted by molar-refractivity contribution is 5.94. The summed E-state index contributed by atoms with van der Waals surface area (Å²) in [6.07, 6.45) is -2.32. The number of H-pyrrole nitrogens is 1. The van der Waals surface area contributed by atoms with Crippen LogP contribution in [-0.2, 0) is 4.79 Å². The number of carboxylic acids is 1. The van der Waals surface area contributed by atoms with Gasteiger partial charge in [0.2, 0.25) is 11.9 Å². The van der Waals surface area contributed by atoms with Crippen LogP contribution in [0, 0.1) is 5.82 Å². The maximum Gasteiger partial charge on any atom is 0.490 e. The molecular formula is C21H17F4N7O3. The first kappa shape index (κ1) is 24.9. The van der Waals surface area contributed by atoms with Gasteiger partial charge in [0.1, 0.15) is 0 Å². The lowest BCUT2D eigenvalue weighted by molar-refractivity contribution is -0.192. The average molecular weight is 491 g/mol. The van der Waals surface area contributed by atoms with E-state index in [0.717, 1.165) is 22.8 Å². The first-order chi connectivity index (χ1) is 16.5. The lowest BCUT2D eigenvalue weighted by Gasteiger charge is -2.20. The average Bonchev–Trinajstić information content (AvgIpc) is 3.29. The molecule has 0 aliphatic rings. The fourth-order valence-electron chi connectivity index (χ4n) is 2.89. The highest BCUT2D eigenvalue weighted by Gasteiger charge is 2.38. The smallest absolute Gasteiger partial charge is 0.475 e. The molecule has 4 rings (SSSR count). The molecule has 5 N–H and O–H groups in total. The monoisotopic (exact) mass is 491 g/mol. The number of benzene rings is 2. The number of carboxylic acid groups (broad SMARTS) is 1. The number of primary amides is 1. The van der Waals surface area contributed by atoms with Crippen LogP contribution in [0.4, 0.5) is 40.7 Å². The van der Waals surface area contributed by atoms with Gasteiger partial charge in [-0.25, -0.2) is 14.2 Å². The number of aromatic nitrogens is 4. The number of rotatable bonds is 5. The van der Waals surface area contributed by atoms with Crippen molar-refractivity contribution in [2.75, 3.05) is 17.3 Å². The second-order valence-electron chi connectivity index (χ2n) is 6.91. The maximum atomic E-state index is 14.5. The number of nitrogens with zero attached hydrogens (tertiary/aromatic N) is 4. The molecule has 0 fully saturated rings. The largest absolute Gasteiger partial charge is 0.490 e. The summed E-state index contributed by atoms with van der Waals surface area (Å²) in [6.45, 7) is 0. The molecule has 0 bridgehead atoms. The van der Waals surface area contributed by atoms with Crippen LogP contribution in [0.3, 0.4) is 0 Å². The fourth-order valence-corrected chi connectivity index (χ4v) is 2.89. The SMILES string of the molecule is CN(c1nc(Nc2cccc(C(N)=O)c2)ncc1F)c1cccc2[nH]ncc12.O=C(O)C(F)(F)F. The minimum absolute atomic E-state index is 0.0947. The minimum Gasteiger partial charge on any atom is -0.475 e. The Hall–Kier alpha value is -4.75. The van der Waals surface area contributed by atoms with Crippen LogP contribution in [0.5, 0.6) is 0 Å². The van der Waals surface area contributed by atoms with Crippen molar-refractivity contribution in [2.45, 2.75) is 6.18 Å². The number of halogens is 4. The molecule has 0 unspecified atom stereocenters. The lowest BCUT2D eigenvalue weighted by atomic mass is 10.2. The summed E-state index contributed by atoms with van der Waals surface area (Å²) in [6, 6.07) is 12.2. The minimum atomic E-state index is -5.08. The number of hydrogen-bond acceptors (Lipinski definition) is 7. The molecule has 182 valence electrons. The first-order valence-electron chi connectivity index (χ1n) is 9.62. The van der Waals surface area contributed by atoms with Gasteiger partial charge >= 0.3 is 12.1 Å². The predicted octanol–water partition coefficient (Wildman–Crippen LogP) is 3.74. The molecule has 0 aliphatic heterocycles. The summed E-state index contributed by atoms with van der Waals surface area (Å²) < 4.78 is 46.2. The van der Waals surface area contributed by atoms with Crippen molar-refractivity contribution in [1.82, 2.24) is 20.2 Å². The Bertz CT molecular complexity index is 1370. The van der Waals surface area contributed by atoms with Gasteiger partial charge in [0.25, 0.3) is 0 Å². The van der Waals surface area contributed by atoms with Gasteiger partial charge in [-0.15, -0.1) is 0 Å². The van der Waals surface area contributed by atoms with Crippen molar-refractivity contribution < 1.29 is 32.3 Å². The molecular weight excluding hydrogens is 474 g/mol. The molecule has 0 spiro atoms. The molecule has 2 heterocycles. The van der Waals surface area contributed by atoms with E-state index in [4.69, 9.17) is 15.6 Å². The van der Waals surface area contributed by atoms with Crippen molar-refractivity contribution in [2.24, 2.45) is 5.73 Å². The second-order valence-corrected chi connectivity index (χ2v) is 6.91. The van der Waals surface area contributed by atoms with Gasteiger partial charge in [-0.05, 0) is 30.3 Å². The predicted molar refractivity (Wildman–Crippen MR) is 118 cm³/mol. The molecule has 1 amide bonds. The van der Waals surface area contributed by atoms with Crippen LogP contribution in [0.25, 0.3) is 10.9 Å². The molecule has 35 heavy (non-hydrogen) atoms. The third kappa shape index (κ3) is 5.98. The summed E-state index contributed by atoms with van der Waals surface area (Å²) in [4.78, 5) is 30.1. The number of aliphatic carboxylic acids is 1. The van der Waals surface area contributed by atoms with Crippen LogP contribution in [0.2, 0.25) is 0 Å². The van der Waals surface area contributed by atoms with E-state index in [0.29, 0.717) is 11.3 Å². The Kier molecular flexibility index (Phi) is 7.13. The number of hydrogen-bond donors (Lipinski definition) is 4. The molecule has 2 aromatic carbocycles. The number of carbonyl (C=O) groups excluding carboxylic acids is 1. The van der Waals surface area contributed by atoms with Gasteiger partial charge in [-0.3, -0.25) is 9.89 Å².